The van der Waals surface area contributed by atoms with Gasteiger partial charge < -0.3 is 14.9 Å². The van der Waals surface area contributed by atoms with Crippen LogP contribution in [0.2, 0.25) is 5.02 Å². The van der Waals surface area contributed by atoms with E-state index in [9.17, 15) is 15.0 Å². The van der Waals surface area contributed by atoms with Crippen molar-refractivity contribution in [1.82, 2.24) is 0 Å². The molecule has 23 heavy (non-hydrogen) atoms. The van der Waals surface area contributed by atoms with Crippen LogP contribution in [0, 0.1) is 0 Å². The number of aliphatic carboxylic acids is 1. The number of phenols is 1. The Morgan fingerprint density at radius 2 is 1.91 bits per heavy atom. The summed E-state index contributed by atoms with van der Waals surface area (Å²) < 4.78 is 5.03. The summed E-state index contributed by atoms with van der Waals surface area (Å²) in [5.74, 6) is -1.03. The number of aromatic hydroxyl groups is 1. The van der Waals surface area contributed by atoms with Crippen LogP contribution < -0.4 is 4.74 Å². The van der Waals surface area contributed by atoms with Crippen LogP contribution in [0.3, 0.4) is 0 Å². The lowest BCUT2D eigenvalue weighted by atomic mass is 10.0. The Balaban J connectivity index is 2.50. The molecule has 2 rings (SSSR count). The quantitative estimate of drug-likeness (QED) is 0.634. The largest absolute Gasteiger partial charge is 0.503 e. The summed E-state index contributed by atoms with van der Waals surface area (Å²) in [7, 11) is 1.40. The molecule has 0 unspecified atom stereocenters. The third-order valence-electron chi connectivity index (χ3n) is 3.49. The zero-order chi connectivity index (χ0) is 17.0. The van der Waals surface area contributed by atoms with Crippen molar-refractivity contribution >= 4 is 29.2 Å². The van der Waals surface area contributed by atoms with Crippen molar-refractivity contribution in [2.24, 2.45) is 0 Å². The van der Waals surface area contributed by atoms with Crippen LogP contribution >= 0.6 is 11.6 Å². The Morgan fingerprint density at radius 1 is 1.26 bits per heavy atom. The molecule has 0 fully saturated rings. The second-order valence-electron chi connectivity index (χ2n) is 4.97. The number of aryl methyl sites for hydroxylation is 1. The number of benzene rings is 2. The van der Waals surface area contributed by atoms with E-state index in [1.165, 1.54) is 25.3 Å². The van der Waals surface area contributed by atoms with Crippen LogP contribution in [0.4, 0.5) is 0 Å². The Kier molecular flexibility index (Phi) is 5.29. The molecule has 0 atom stereocenters. The van der Waals surface area contributed by atoms with E-state index in [4.69, 9.17) is 16.3 Å². The Hall–Kier alpha value is -2.46. The maximum Gasteiger partial charge on any atom is 0.336 e. The van der Waals surface area contributed by atoms with Crippen LogP contribution in [0.5, 0.6) is 11.5 Å². The van der Waals surface area contributed by atoms with Gasteiger partial charge in [-0.15, -0.1) is 0 Å². The average Bonchev–Trinajstić information content (AvgIpc) is 2.55. The number of carbonyl (C=O) groups is 1. The molecule has 0 saturated heterocycles. The van der Waals surface area contributed by atoms with Crippen molar-refractivity contribution in [3.63, 3.8) is 0 Å². The number of ether oxygens (including phenoxy) is 1. The van der Waals surface area contributed by atoms with E-state index in [2.05, 4.69) is 0 Å². The molecule has 2 aromatic rings. The van der Waals surface area contributed by atoms with Gasteiger partial charge in [-0.2, -0.15) is 0 Å². The van der Waals surface area contributed by atoms with Crippen molar-refractivity contribution in [2.45, 2.75) is 13.3 Å². The minimum atomic E-state index is -1.04. The maximum atomic E-state index is 11.6. The third kappa shape index (κ3) is 3.85. The van der Waals surface area contributed by atoms with E-state index in [0.29, 0.717) is 11.1 Å². The average molecular weight is 333 g/mol. The second-order valence-corrected chi connectivity index (χ2v) is 5.37. The number of rotatable bonds is 5. The van der Waals surface area contributed by atoms with Crippen molar-refractivity contribution in [3.8, 4) is 11.5 Å². The van der Waals surface area contributed by atoms with E-state index < -0.39 is 5.97 Å². The molecule has 0 aromatic heterocycles. The number of carboxylic acid groups (broad SMARTS) is 1. The molecule has 0 aliphatic heterocycles. The first-order chi connectivity index (χ1) is 11.0. The highest BCUT2D eigenvalue weighted by molar-refractivity contribution is 6.32. The maximum absolute atomic E-state index is 11.6. The number of hydrogen-bond donors (Lipinski definition) is 2. The SMILES string of the molecule is CCc1ccc(/C(=C/c2cc(Cl)c(O)c(OC)c2)C(=O)O)cc1. The zero-order valence-corrected chi connectivity index (χ0v) is 13.6. The fourth-order valence-corrected chi connectivity index (χ4v) is 2.41. The Morgan fingerprint density at radius 3 is 2.43 bits per heavy atom. The number of halogens is 1. The summed E-state index contributed by atoms with van der Waals surface area (Å²) in [5, 5.41) is 19.3. The van der Waals surface area contributed by atoms with Gasteiger partial charge in [-0.3, -0.25) is 0 Å². The van der Waals surface area contributed by atoms with E-state index in [1.54, 1.807) is 12.1 Å². The highest BCUT2D eigenvalue weighted by Crippen LogP contribution is 2.36. The van der Waals surface area contributed by atoms with Gasteiger partial charge in [0, 0.05) is 0 Å². The van der Waals surface area contributed by atoms with Crippen LogP contribution in [-0.2, 0) is 11.2 Å². The van der Waals surface area contributed by atoms with E-state index >= 15 is 0 Å². The molecule has 0 amide bonds. The van der Waals surface area contributed by atoms with Gasteiger partial charge in [-0.25, -0.2) is 4.79 Å². The minimum absolute atomic E-state index is 0.0988. The van der Waals surface area contributed by atoms with Gasteiger partial charge in [-0.05, 0) is 41.3 Å². The molecule has 0 heterocycles. The predicted octanol–water partition coefficient (Wildman–Crippen LogP) is 4.24. The molecule has 120 valence electrons. The van der Waals surface area contributed by atoms with Gasteiger partial charge in [0.25, 0.3) is 0 Å². The Labute approximate surface area is 139 Å². The van der Waals surface area contributed by atoms with Crippen molar-refractivity contribution in [3.05, 3.63) is 58.1 Å². The van der Waals surface area contributed by atoms with Gasteiger partial charge in [0.2, 0.25) is 0 Å². The second kappa shape index (κ2) is 7.20. The molecular weight excluding hydrogens is 316 g/mol. The highest BCUT2D eigenvalue weighted by atomic mass is 35.5. The predicted molar refractivity (Wildman–Crippen MR) is 91.0 cm³/mol. The number of methoxy groups -OCH3 is 1. The Bertz CT molecular complexity index is 748. The molecule has 2 aromatic carbocycles. The van der Waals surface area contributed by atoms with Crippen LogP contribution in [0.25, 0.3) is 11.6 Å². The van der Waals surface area contributed by atoms with E-state index in [0.717, 1.165) is 12.0 Å². The van der Waals surface area contributed by atoms with Gasteiger partial charge in [0.05, 0.1) is 17.7 Å². The normalized spacial score (nSPS) is 11.3. The number of carboxylic acids is 1. The van der Waals surface area contributed by atoms with Crippen molar-refractivity contribution in [1.29, 1.82) is 0 Å². The lowest BCUT2D eigenvalue weighted by Gasteiger charge is -2.08. The fraction of sp³-hybridized carbons (Fsp3) is 0.167. The van der Waals surface area contributed by atoms with Gasteiger partial charge in [0.1, 0.15) is 0 Å². The summed E-state index contributed by atoms with van der Waals surface area (Å²) in [6.07, 6.45) is 2.38. The molecular formula is C18H17ClO4. The third-order valence-corrected chi connectivity index (χ3v) is 3.77. The first kappa shape index (κ1) is 16.9. The highest BCUT2D eigenvalue weighted by Gasteiger charge is 2.13. The molecule has 0 bridgehead atoms. The summed E-state index contributed by atoms with van der Waals surface area (Å²) >= 11 is 5.94. The summed E-state index contributed by atoms with van der Waals surface area (Å²) in [5.41, 5.74) is 2.39. The lowest BCUT2D eigenvalue weighted by molar-refractivity contribution is -0.130. The minimum Gasteiger partial charge on any atom is -0.503 e. The monoisotopic (exact) mass is 332 g/mol. The molecule has 4 nitrogen and oxygen atoms in total. The summed E-state index contributed by atoms with van der Waals surface area (Å²) in [4.78, 5) is 11.6. The number of hydrogen-bond acceptors (Lipinski definition) is 3. The topological polar surface area (TPSA) is 66.8 Å². The fourth-order valence-electron chi connectivity index (χ4n) is 2.19. The smallest absolute Gasteiger partial charge is 0.336 e. The summed E-state index contributed by atoms with van der Waals surface area (Å²) in [6.45, 7) is 2.04. The molecule has 2 N–H and O–H groups in total. The van der Waals surface area contributed by atoms with Crippen LogP contribution in [0.1, 0.15) is 23.6 Å². The molecule has 0 aliphatic carbocycles. The van der Waals surface area contributed by atoms with Gasteiger partial charge >= 0.3 is 5.97 Å². The number of phenolic OH excluding ortho intramolecular Hbond substituents is 1. The van der Waals surface area contributed by atoms with Crippen LogP contribution in [-0.4, -0.2) is 23.3 Å². The molecule has 0 saturated carbocycles. The first-order valence-corrected chi connectivity index (χ1v) is 7.44. The van der Waals surface area contributed by atoms with Gasteiger partial charge in [0.15, 0.2) is 11.5 Å². The van der Waals surface area contributed by atoms with Crippen molar-refractivity contribution < 1.29 is 19.7 Å². The zero-order valence-electron chi connectivity index (χ0n) is 12.8. The lowest BCUT2D eigenvalue weighted by Crippen LogP contribution is -2.00. The standard InChI is InChI=1S/C18H17ClO4/c1-3-11-4-6-13(7-5-11)14(18(21)22)8-12-9-15(19)17(20)16(10-12)23-2/h4-10,20H,3H2,1-2H3,(H,21,22)/b14-8-. The molecule has 0 spiro atoms. The summed E-state index contributed by atoms with van der Waals surface area (Å²) in [6, 6.07) is 10.4. The van der Waals surface area contributed by atoms with E-state index in [-0.39, 0.29) is 22.1 Å². The molecule has 0 radical (unpaired) electrons. The van der Waals surface area contributed by atoms with Crippen LogP contribution in [0.15, 0.2) is 36.4 Å². The molecule has 0 aliphatic rings. The first-order valence-electron chi connectivity index (χ1n) is 7.07. The molecule has 5 heteroatoms. The van der Waals surface area contributed by atoms with Gasteiger partial charge in [-0.1, -0.05) is 42.8 Å². The van der Waals surface area contributed by atoms with Crippen molar-refractivity contribution in [2.75, 3.05) is 7.11 Å². The van der Waals surface area contributed by atoms with E-state index in [1.807, 2.05) is 19.1 Å².